The van der Waals surface area contributed by atoms with Crippen LogP contribution in [0.15, 0.2) is 41.0 Å². The highest BCUT2D eigenvalue weighted by Gasteiger charge is 2.24. The predicted octanol–water partition coefficient (Wildman–Crippen LogP) is 2.30. The molecule has 1 aliphatic heterocycles. The lowest BCUT2D eigenvalue weighted by Gasteiger charge is -2.35. The number of hydrogen-bond donors (Lipinski definition) is 2. The van der Waals surface area contributed by atoms with E-state index in [2.05, 4.69) is 24.9 Å². The van der Waals surface area contributed by atoms with Gasteiger partial charge in [-0.15, -0.1) is 0 Å². The zero-order chi connectivity index (χ0) is 18.8. The number of rotatable bonds is 3. The van der Waals surface area contributed by atoms with E-state index in [0.717, 1.165) is 29.8 Å². The number of ether oxygens (including phenoxy) is 1. The molecular weight excluding hydrogens is 350 g/mol. The van der Waals surface area contributed by atoms with Gasteiger partial charge in [-0.05, 0) is 30.3 Å². The van der Waals surface area contributed by atoms with Crippen LogP contribution in [0.5, 0.6) is 0 Å². The molecule has 3 heterocycles. The maximum Gasteiger partial charge on any atom is 0.413 e. The van der Waals surface area contributed by atoms with E-state index in [-0.39, 0.29) is 5.91 Å². The molecule has 1 fully saturated rings. The maximum atomic E-state index is 12.4. The second kappa shape index (κ2) is 7.02. The van der Waals surface area contributed by atoms with Crippen LogP contribution in [-0.2, 0) is 4.74 Å². The Hall–Kier alpha value is -3.49. The normalized spacial score (nSPS) is 14.4. The molecule has 0 spiro atoms. The van der Waals surface area contributed by atoms with Gasteiger partial charge in [0.1, 0.15) is 0 Å². The van der Waals surface area contributed by atoms with E-state index in [1.807, 2.05) is 18.2 Å². The van der Waals surface area contributed by atoms with Crippen molar-refractivity contribution >= 4 is 34.7 Å². The summed E-state index contributed by atoms with van der Waals surface area (Å²) in [6.45, 7) is 2.68. The fourth-order valence-electron chi connectivity index (χ4n) is 3.13. The van der Waals surface area contributed by atoms with Gasteiger partial charge in [-0.25, -0.2) is 9.78 Å². The lowest BCUT2D eigenvalue weighted by Crippen LogP contribution is -2.48. The van der Waals surface area contributed by atoms with Crippen molar-refractivity contribution in [3.05, 3.63) is 42.4 Å². The number of fused-ring (bicyclic) bond motifs is 1. The molecule has 0 bridgehead atoms. The zero-order valence-electron chi connectivity index (χ0n) is 14.8. The summed E-state index contributed by atoms with van der Waals surface area (Å²) < 4.78 is 9.76. The Bertz CT molecular complexity index is 957. The number of amides is 2. The number of nitrogens with one attached hydrogen (secondary N) is 2. The number of benzene rings is 1. The summed E-state index contributed by atoms with van der Waals surface area (Å²) in [5.41, 5.74) is 2.59. The third-order valence-electron chi connectivity index (χ3n) is 4.54. The molecule has 0 aliphatic carbocycles. The number of imidazole rings is 1. The Kier molecular flexibility index (Phi) is 4.41. The van der Waals surface area contributed by atoms with Crippen molar-refractivity contribution in [3.8, 4) is 0 Å². The van der Waals surface area contributed by atoms with Gasteiger partial charge < -0.3 is 23.9 Å². The Morgan fingerprint density at radius 2 is 2.04 bits per heavy atom. The first-order valence-electron chi connectivity index (χ1n) is 8.56. The number of aromatic amines is 1. The van der Waals surface area contributed by atoms with Crippen LogP contribution in [-0.4, -0.2) is 60.2 Å². The van der Waals surface area contributed by atoms with E-state index in [0.29, 0.717) is 24.8 Å². The standard InChI is InChI=1S/C18H19N5O4/c1-26-18(25)21-17-19-13-5-4-12(11-14(13)20-17)22-6-8-23(9-7-22)16(24)15-3-2-10-27-15/h2-5,10-11H,6-9H2,1H3,(H2,19,20,21,25). The van der Waals surface area contributed by atoms with Crippen LogP contribution in [0, 0.1) is 0 Å². The highest BCUT2D eigenvalue weighted by atomic mass is 16.5. The molecule has 2 N–H and O–H groups in total. The SMILES string of the molecule is COC(=O)Nc1nc2ccc(N3CCN(C(=O)c4ccco4)CC3)cc2[nH]1. The Morgan fingerprint density at radius 1 is 1.22 bits per heavy atom. The molecule has 9 nitrogen and oxygen atoms in total. The molecule has 140 valence electrons. The van der Waals surface area contributed by atoms with E-state index >= 15 is 0 Å². The quantitative estimate of drug-likeness (QED) is 0.734. The van der Waals surface area contributed by atoms with Gasteiger partial charge in [0.15, 0.2) is 5.76 Å². The van der Waals surface area contributed by atoms with Crippen molar-refractivity contribution in [1.82, 2.24) is 14.9 Å². The van der Waals surface area contributed by atoms with Crippen LogP contribution < -0.4 is 10.2 Å². The van der Waals surface area contributed by atoms with Crippen LogP contribution in [0.2, 0.25) is 0 Å². The molecule has 1 aliphatic rings. The number of carbonyl (C=O) groups excluding carboxylic acids is 2. The largest absolute Gasteiger partial charge is 0.459 e. The van der Waals surface area contributed by atoms with Gasteiger partial charge >= 0.3 is 6.09 Å². The average Bonchev–Trinajstić information content (AvgIpc) is 3.36. The topological polar surface area (TPSA) is 104 Å². The first-order chi connectivity index (χ1) is 13.1. The molecule has 2 aromatic heterocycles. The number of furan rings is 1. The number of hydrogen-bond acceptors (Lipinski definition) is 6. The van der Waals surface area contributed by atoms with Crippen molar-refractivity contribution < 1.29 is 18.7 Å². The second-order valence-corrected chi connectivity index (χ2v) is 6.16. The molecule has 27 heavy (non-hydrogen) atoms. The molecule has 1 aromatic carbocycles. The molecule has 4 rings (SSSR count). The number of carbonyl (C=O) groups is 2. The summed E-state index contributed by atoms with van der Waals surface area (Å²) in [5.74, 6) is 0.623. The van der Waals surface area contributed by atoms with E-state index < -0.39 is 6.09 Å². The first kappa shape index (κ1) is 17.0. The molecular formula is C18H19N5O4. The van der Waals surface area contributed by atoms with E-state index in [4.69, 9.17) is 4.42 Å². The Labute approximate surface area is 154 Å². The van der Waals surface area contributed by atoms with Gasteiger partial charge in [-0.3, -0.25) is 10.1 Å². The summed E-state index contributed by atoms with van der Waals surface area (Å²) in [5, 5.41) is 2.52. The molecule has 0 unspecified atom stereocenters. The highest BCUT2D eigenvalue weighted by molar-refractivity contribution is 5.91. The molecule has 9 heteroatoms. The van der Waals surface area contributed by atoms with Gasteiger partial charge in [-0.1, -0.05) is 0 Å². The third kappa shape index (κ3) is 3.43. The van der Waals surface area contributed by atoms with Crippen molar-refractivity contribution in [2.75, 3.05) is 43.5 Å². The lowest BCUT2D eigenvalue weighted by atomic mass is 10.2. The second-order valence-electron chi connectivity index (χ2n) is 6.16. The smallest absolute Gasteiger partial charge is 0.413 e. The summed E-state index contributed by atoms with van der Waals surface area (Å²) in [6, 6.07) is 9.25. The van der Waals surface area contributed by atoms with Crippen molar-refractivity contribution in [2.45, 2.75) is 0 Å². The maximum absolute atomic E-state index is 12.4. The molecule has 0 radical (unpaired) electrons. The zero-order valence-corrected chi connectivity index (χ0v) is 14.8. The molecule has 2 amide bonds. The minimum atomic E-state index is -0.577. The number of aromatic nitrogens is 2. The van der Waals surface area contributed by atoms with E-state index in [1.165, 1.54) is 13.4 Å². The van der Waals surface area contributed by atoms with Crippen LogP contribution in [0.1, 0.15) is 10.6 Å². The van der Waals surface area contributed by atoms with Crippen LogP contribution in [0.4, 0.5) is 16.4 Å². The number of anilines is 2. The lowest BCUT2D eigenvalue weighted by molar-refractivity contribution is 0.0714. The minimum absolute atomic E-state index is 0.0813. The monoisotopic (exact) mass is 369 g/mol. The Balaban J connectivity index is 1.44. The molecule has 1 saturated heterocycles. The summed E-state index contributed by atoms with van der Waals surface area (Å²) in [6.07, 6.45) is 0.929. The van der Waals surface area contributed by atoms with Crippen LogP contribution >= 0.6 is 0 Å². The average molecular weight is 369 g/mol. The van der Waals surface area contributed by atoms with Crippen molar-refractivity contribution in [3.63, 3.8) is 0 Å². The van der Waals surface area contributed by atoms with E-state index in [1.54, 1.807) is 17.0 Å². The number of nitrogens with zero attached hydrogens (tertiary/aromatic N) is 3. The van der Waals surface area contributed by atoms with Crippen molar-refractivity contribution in [2.24, 2.45) is 0 Å². The van der Waals surface area contributed by atoms with Gasteiger partial charge in [0.25, 0.3) is 5.91 Å². The van der Waals surface area contributed by atoms with Crippen molar-refractivity contribution in [1.29, 1.82) is 0 Å². The van der Waals surface area contributed by atoms with E-state index in [9.17, 15) is 9.59 Å². The number of H-pyrrole nitrogens is 1. The summed E-state index contributed by atoms with van der Waals surface area (Å²) in [4.78, 5) is 35.0. The van der Waals surface area contributed by atoms with Gasteiger partial charge in [0, 0.05) is 31.9 Å². The molecule has 3 aromatic rings. The van der Waals surface area contributed by atoms with Gasteiger partial charge in [0.05, 0.1) is 24.4 Å². The molecule has 0 saturated carbocycles. The molecule has 0 atom stereocenters. The number of methoxy groups -OCH3 is 1. The fourth-order valence-corrected chi connectivity index (χ4v) is 3.13. The third-order valence-corrected chi connectivity index (χ3v) is 4.54. The number of piperazine rings is 1. The first-order valence-corrected chi connectivity index (χ1v) is 8.56. The predicted molar refractivity (Wildman–Crippen MR) is 98.9 cm³/mol. The van der Waals surface area contributed by atoms with Crippen LogP contribution in [0.3, 0.4) is 0 Å². The van der Waals surface area contributed by atoms with Gasteiger partial charge in [-0.2, -0.15) is 0 Å². The Morgan fingerprint density at radius 3 is 2.74 bits per heavy atom. The van der Waals surface area contributed by atoms with Gasteiger partial charge in [0.2, 0.25) is 5.95 Å². The highest BCUT2D eigenvalue weighted by Crippen LogP contribution is 2.23. The minimum Gasteiger partial charge on any atom is -0.459 e. The summed E-state index contributed by atoms with van der Waals surface area (Å²) in [7, 11) is 1.30. The summed E-state index contributed by atoms with van der Waals surface area (Å²) >= 11 is 0. The van der Waals surface area contributed by atoms with Crippen LogP contribution in [0.25, 0.3) is 11.0 Å². The fraction of sp³-hybridized carbons (Fsp3) is 0.278.